The van der Waals surface area contributed by atoms with Crippen molar-refractivity contribution in [2.24, 2.45) is 0 Å². The number of hydrogen-bond donors (Lipinski definition) is 3. The molecule has 4 rings (SSSR count). The van der Waals surface area contributed by atoms with Crippen molar-refractivity contribution in [2.45, 2.75) is 63.1 Å². The predicted molar refractivity (Wildman–Crippen MR) is 135 cm³/mol. The first-order chi connectivity index (χ1) is 18.1. The Morgan fingerprint density at radius 3 is 2.45 bits per heavy atom. The van der Waals surface area contributed by atoms with E-state index in [0.717, 1.165) is 0 Å². The summed E-state index contributed by atoms with van der Waals surface area (Å²) >= 11 is 0. The Labute approximate surface area is 221 Å². The van der Waals surface area contributed by atoms with Crippen molar-refractivity contribution in [1.29, 1.82) is 0 Å². The molecule has 1 aromatic rings. The maximum absolute atomic E-state index is 13.9. The molecular weight excluding hydrogens is 516 g/mol. The molecule has 0 radical (unpaired) electrons. The van der Waals surface area contributed by atoms with E-state index in [4.69, 9.17) is 4.74 Å². The number of esters is 1. The smallest absolute Gasteiger partial charge is 0.310 e. The summed E-state index contributed by atoms with van der Waals surface area (Å²) < 4.78 is 31.9. The van der Waals surface area contributed by atoms with Crippen LogP contribution in [0.15, 0.2) is 42.5 Å². The van der Waals surface area contributed by atoms with E-state index in [9.17, 15) is 32.7 Å². The fraction of sp³-hybridized carbons (Fsp3) is 0.520. The summed E-state index contributed by atoms with van der Waals surface area (Å²) in [4.78, 5) is 53.1. The molecule has 3 N–H and O–H groups in total. The highest BCUT2D eigenvalue weighted by molar-refractivity contribution is 7.89. The molecule has 3 heterocycles. The van der Waals surface area contributed by atoms with E-state index in [1.807, 2.05) is 6.08 Å². The molecule has 2 saturated heterocycles. The minimum absolute atomic E-state index is 0.00477. The van der Waals surface area contributed by atoms with E-state index in [2.05, 4.69) is 10.6 Å². The molecule has 2 unspecified atom stereocenters. The fourth-order valence-electron chi connectivity index (χ4n) is 4.94. The van der Waals surface area contributed by atoms with Gasteiger partial charge < -0.3 is 25.4 Å². The lowest BCUT2D eigenvalue weighted by Gasteiger charge is -2.47. The van der Waals surface area contributed by atoms with Gasteiger partial charge in [0, 0.05) is 24.7 Å². The number of sulfonamides is 1. The first kappa shape index (κ1) is 27.7. The number of amides is 3. The molecule has 0 aromatic heterocycles. The molecule has 38 heavy (non-hydrogen) atoms. The SMILES string of the molecule is CCCS(=O)(=O)N1C[C@@H]2C/C=C\C[C@H](NC(=O)c3ccccc3)C(=O)N2[C@H](C(=O)NC2CC(=O)OC2O)C1. The molecule has 5 atom stereocenters. The van der Waals surface area contributed by atoms with Crippen molar-refractivity contribution in [2.75, 3.05) is 18.8 Å². The van der Waals surface area contributed by atoms with Crippen LogP contribution in [0.3, 0.4) is 0 Å². The molecule has 0 saturated carbocycles. The zero-order chi connectivity index (χ0) is 27.4. The van der Waals surface area contributed by atoms with Crippen molar-refractivity contribution in [3.63, 3.8) is 0 Å². The molecule has 3 amide bonds. The van der Waals surface area contributed by atoms with Crippen LogP contribution in [0.2, 0.25) is 0 Å². The van der Waals surface area contributed by atoms with Gasteiger partial charge in [0.1, 0.15) is 18.1 Å². The van der Waals surface area contributed by atoms with E-state index < -0.39 is 64.2 Å². The van der Waals surface area contributed by atoms with Gasteiger partial charge in [0.15, 0.2) is 0 Å². The van der Waals surface area contributed by atoms with Crippen molar-refractivity contribution in [3.8, 4) is 0 Å². The predicted octanol–water partition coefficient (Wildman–Crippen LogP) is -0.494. The fourth-order valence-corrected chi connectivity index (χ4v) is 6.48. The van der Waals surface area contributed by atoms with Gasteiger partial charge in [-0.1, -0.05) is 37.3 Å². The largest absolute Gasteiger partial charge is 0.434 e. The third-order valence-corrected chi connectivity index (χ3v) is 8.84. The molecule has 3 aliphatic rings. The first-order valence-corrected chi connectivity index (χ1v) is 14.2. The van der Waals surface area contributed by atoms with E-state index >= 15 is 0 Å². The zero-order valence-corrected chi connectivity index (χ0v) is 21.8. The van der Waals surface area contributed by atoms with Crippen molar-refractivity contribution in [1.82, 2.24) is 19.8 Å². The molecular formula is C25H32N4O8S. The van der Waals surface area contributed by atoms with Crippen molar-refractivity contribution < 1.29 is 37.4 Å². The maximum Gasteiger partial charge on any atom is 0.310 e. The molecule has 0 aliphatic carbocycles. The number of aliphatic hydroxyl groups is 1. The third kappa shape index (κ3) is 6.05. The summed E-state index contributed by atoms with van der Waals surface area (Å²) in [6.07, 6.45) is 2.64. The number of nitrogens with one attached hydrogen (secondary N) is 2. The quantitative estimate of drug-likeness (QED) is 0.304. The Morgan fingerprint density at radius 2 is 1.79 bits per heavy atom. The second-order valence-electron chi connectivity index (χ2n) is 9.58. The van der Waals surface area contributed by atoms with Crippen LogP contribution in [0.1, 0.15) is 43.0 Å². The Morgan fingerprint density at radius 1 is 1.08 bits per heavy atom. The van der Waals surface area contributed by atoms with Crippen molar-refractivity contribution in [3.05, 3.63) is 48.0 Å². The summed E-state index contributed by atoms with van der Waals surface area (Å²) in [6, 6.07) is 4.46. The Hall–Kier alpha value is -3.29. The Balaban J connectivity index is 1.63. The second-order valence-corrected chi connectivity index (χ2v) is 11.7. The third-order valence-electron chi connectivity index (χ3n) is 6.83. The average Bonchev–Trinajstić information content (AvgIpc) is 3.20. The summed E-state index contributed by atoms with van der Waals surface area (Å²) in [7, 11) is -3.71. The number of cyclic esters (lactones) is 1. The van der Waals surface area contributed by atoms with Crippen LogP contribution >= 0.6 is 0 Å². The van der Waals surface area contributed by atoms with Gasteiger partial charge in [-0.05, 0) is 31.4 Å². The summed E-state index contributed by atoms with van der Waals surface area (Å²) in [5.74, 6) is -2.50. The standard InChI is InChI=1S/C25H32N4O8S/c1-2-12-38(35,36)28-14-17-10-6-7-11-18(26-22(31)16-8-4-3-5-9-16)24(33)29(17)20(15-28)23(32)27-19-13-21(30)37-25(19)34/h3-9,17-20,25,34H,2,10-15H2,1H3,(H,26,31)(H,27,32)/b7-6-/t17-,18-,19?,20-,25?/m0/s1. The monoisotopic (exact) mass is 548 g/mol. The number of hydrogen-bond acceptors (Lipinski definition) is 8. The number of carbonyl (C=O) groups is 4. The molecule has 0 bridgehead atoms. The lowest BCUT2D eigenvalue weighted by atomic mass is 9.97. The molecule has 13 heteroatoms. The number of nitrogens with zero attached hydrogens (tertiary/aromatic N) is 2. The van der Waals surface area contributed by atoms with Crippen LogP contribution in [0.5, 0.6) is 0 Å². The van der Waals surface area contributed by atoms with Crippen LogP contribution in [-0.4, -0.2) is 95.7 Å². The van der Waals surface area contributed by atoms with Gasteiger partial charge >= 0.3 is 5.97 Å². The normalized spacial score (nSPS) is 29.0. The number of ether oxygens (including phenoxy) is 1. The number of rotatable bonds is 7. The van der Waals surface area contributed by atoms with Gasteiger partial charge in [-0.15, -0.1) is 0 Å². The number of carbonyl (C=O) groups excluding carboxylic acids is 4. The van der Waals surface area contributed by atoms with Gasteiger partial charge in [0.05, 0.1) is 12.2 Å². The summed E-state index contributed by atoms with van der Waals surface area (Å²) in [5, 5.41) is 15.3. The average molecular weight is 549 g/mol. The highest BCUT2D eigenvalue weighted by Crippen LogP contribution is 2.26. The Bertz CT molecular complexity index is 1200. The van der Waals surface area contributed by atoms with Crippen molar-refractivity contribution >= 4 is 33.7 Å². The minimum atomic E-state index is -3.71. The number of fused-ring (bicyclic) bond motifs is 1. The summed E-state index contributed by atoms with van der Waals surface area (Å²) in [6.45, 7) is 1.44. The zero-order valence-electron chi connectivity index (χ0n) is 21.0. The second kappa shape index (κ2) is 11.6. The van der Waals surface area contributed by atoms with Gasteiger partial charge in [0.2, 0.25) is 28.1 Å². The van der Waals surface area contributed by atoms with E-state index in [0.29, 0.717) is 18.4 Å². The van der Waals surface area contributed by atoms with Crippen LogP contribution in [0.25, 0.3) is 0 Å². The van der Waals surface area contributed by atoms with Gasteiger partial charge in [-0.25, -0.2) is 8.42 Å². The highest BCUT2D eigenvalue weighted by atomic mass is 32.2. The molecule has 12 nitrogen and oxygen atoms in total. The number of benzene rings is 1. The molecule has 0 spiro atoms. The lowest BCUT2D eigenvalue weighted by molar-refractivity contribution is -0.156. The van der Waals surface area contributed by atoms with Gasteiger partial charge in [0.25, 0.3) is 5.91 Å². The number of aliphatic hydroxyl groups excluding tert-OH is 1. The van der Waals surface area contributed by atoms with Crippen LogP contribution < -0.4 is 10.6 Å². The van der Waals surface area contributed by atoms with Crippen LogP contribution in [0.4, 0.5) is 0 Å². The molecule has 2 fully saturated rings. The maximum atomic E-state index is 13.9. The molecule has 206 valence electrons. The first-order valence-electron chi connectivity index (χ1n) is 12.6. The van der Waals surface area contributed by atoms with Gasteiger partial charge in [-0.3, -0.25) is 19.2 Å². The Kier molecular flexibility index (Phi) is 8.48. The van der Waals surface area contributed by atoms with Crippen LogP contribution in [0, 0.1) is 0 Å². The summed E-state index contributed by atoms with van der Waals surface area (Å²) in [5.41, 5.74) is 0.368. The highest BCUT2D eigenvalue weighted by Gasteiger charge is 2.47. The molecule has 3 aliphatic heterocycles. The number of piperazine rings is 1. The molecule has 1 aromatic carbocycles. The van der Waals surface area contributed by atoms with Gasteiger partial charge in [-0.2, -0.15) is 4.31 Å². The van der Waals surface area contributed by atoms with Crippen LogP contribution in [-0.2, 0) is 29.1 Å². The lowest BCUT2D eigenvalue weighted by Crippen LogP contribution is -2.68. The minimum Gasteiger partial charge on any atom is -0.434 e. The van der Waals surface area contributed by atoms with E-state index in [-0.39, 0.29) is 31.7 Å². The topological polar surface area (TPSA) is 162 Å². The van der Waals surface area contributed by atoms with E-state index in [1.54, 1.807) is 43.3 Å². The van der Waals surface area contributed by atoms with E-state index in [1.165, 1.54) is 9.21 Å².